The Morgan fingerprint density at radius 1 is 1.38 bits per heavy atom. The van der Waals surface area contributed by atoms with Gasteiger partial charge in [0.1, 0.15) is 0 Å². The standard InChI is InChI=1S/C17H28N4/c1-4-18-17(19-13-16-11-8-12-21(16)3)20-14(2)15-9-6-5-7-10-15/h5-7,9-10,14,16H,4,8,11-13H2,1-3H3,(H2,18,19,20). The van der Waals surface area contributed by atoms with Crippen LogP contribution in [0.15, 0.2) is 35.3 Å². The van der Waals surface area contributed by atoms with E-state index in [1.807, 2.05) is 6.07 Å². The third-order valence-electron chi connectivity index (χ3n) is 4.13. The minimum absolute atomic E-state index is 0.255. The summed E-state index contributed by atoms with van der Waals surface area (Å²) in [5, 5.41) is 6.84. The van der Waals surface area contributed by atoms with Crippen LogP contribution in [0.3, 0.4) is 0 Å². The van der Waals surface area contributed by atoms with Crippen LogP contribution in [0.1, 0.15) is 38.3 Å². The zero-order valence-electron chi connectivity index (χ0n) is 13.5. The molecule has 0 bridgehead atoms. The first kappa shape index (κ1) is 15.8. The van der Waals surface area contributed by atoms with E-state index in [9.17, 15) is 0 Å². The van der Waals surface area contributed by atoms with Crippen LogP contribution in [-0.4, -0.2) is 43.6 Å². The molecule has 1 heterocycles. The quantitative estimate of drug-likeness (QED) is 0.645. The van der Waals surface area contributed by atoms with Gasteiger partial charge >= 0.3 is 0 Å². The maximum absolute atomic E-state index is 4.76. The number of hydrogen-bond acceptors (Lipinski definition) is 2. The summed E-state index contributed by atoms with van der Waals surface area (Å²) in [5.41, 5.74) is 1.28. The van der Waals surface area contributed by atoms with Crippen LogP contribution in [0, 0.1) is 0 Å². The zero-order chi connectivity index (χ0) is 15.1. The first-order chi connectivity index (χ1) is 10.2. The molecule has 1 aromatic rings. The Hall–Kier alpha value is -1.55. The molecular weight excluding hydrogens is 260 g/mol. The average molecular weight is 288 g/mol. The molecule has 2 N–H and O–H groups in total. The fourth-order valence-electron chi connectivity index (χ4n) is 2.76. The molecule has 0 radical (unpaired) electrons. The fourth-order valence-corrected chi connectivity index (χ4v) is 2.76. The second-order valence-corrected chi connectivity index (χ2v) is 5.77. The van der Waals surface area contributed by atoms with Gasteiger partial charge in [-0.05, 0) is 45.8 Å². The number of guanidine groups is 1. The summed E-state index contributed by atoms with van der Waals surface area (Å²) in [6.07, 6.45) is 2.55. The summed E-state index contributed by atoms with van der Waals surface area (Å²) >= 11 is 0. The Morgan fingerprint density at radius 3 is 2.76 bits per heavy atom. The van der Waals surface area contributed by atoms with E-state index in [2.05, 4.69) is 60.7 Å². The number of nitrogens with one attached hydrogen (secondary N) is 2. The molecule has 116 valence electrons. The van der Waals surface area contributed by atoms with Gasteiger partial charge in [0.2, 0.25) is 0 Å². The lowest BCUT2D eigenvalue weighted by atomic mass is 10.1. The molecule has 0 spiro atoms. The minimum atomic E-state index is 0.255. The highest BCUT2D eigenvalue weighted by Gasteiger charge is 2.20. The van der Waals surface area contributed by atoms with Crippen molar-refractivity contribution in [2.24, 2.45) is 4.99 Å². The van der Waals surface area contributed by atoms with Gasteiger partial charge in [0.05, 0.1) is 12.6 Å². The molecule has 0 saturated carbocycles. The molecule has 1 fully saturated rings. The predicted octanol–water partition coefficient (Wildman–Crippen LogP) is 2.40. The van der Waals surface area contributed by atoms with Gasteiger partial charge in [-0.3, -0.25) is 4.99 Å². The Labute approximate surface area is 128 Å². The molecule has 1 aromatic carbocycles. The Balaban J connectivity index is 1.94. The molecule has 4 nitrogen and oxygen atoms in total. The predicted molar refractivity (Wildman–Crippen MR) is 89.6 cm³/mol. The van der Waals surface area contributed by atoms with E-state index in [0.29, 0.717) is 6.04 Å². The average Bonchev–Trinajstić information content (AvgIpc) is 2.91. The lowest BCUT2D eigenvalue weighted by Gasteiger charge is -2.20. The molecule has 2 atom stereocenters. The first-order valence-electron chi connectivity index (χ1n) is 8.00. The number of likely N-dealkylation sites (N-methyl/N-ethyl adjacent to an activating group) is 1. The Morgan fingerprint density at radius 2 is 2.14 bits per heavy atom. The van der Waals surface area contributed by atoms with Crippen LogP contribution < -0.4 is 10.6 Å². The van der Waals surface area contributed by atoms with Crippen LogP contribution in [0.2, 0.25) is 0 Å². The van der Waals surface area contributed by atoms with Gasteiger partial charge in [0.25, 0.3) is 0 Å². The number of nitrogens with zero attached hydrogens (tertiary/aromatic N) is 2. The summed E-state index contributed by atoms with van der Waals surface area (Å²) in [7, 11) is 2.19. The summed E-state index contributed by atoms with van der Waals surface area (Å²) in [6, 6.07) is 11.3. The van der Waals surface area contributed by atoms with E-state index < -0.39 is 0 Å². The van der Waals surface area contributed by atoms with Gasteiger partial charge in [-0.1, -0.05) is 30.3 Å². The van der Waals surface area contributed by atoms with Crippen molar-refractivity contribution < 1.29 is 0 Å². The van der Waals surface area contributed by atoms with E-state index >= 15 is 0 Å². The third kappa shape index (κ3) is 4.74. The Bertz CT molecular complexity index is 443. The molecule has 0 amide bonds. The fraction of sp³-hybridized carbons (Fsp3) is 0.588. The second-order valence-electron chi connectivity index (χ2n) is 5.77. The molecule has 0 aliphatic carbocycles. The molecule has 1 aliphatic rings. The lowest BCUT2D eigenvalue weighted by molar-refractivity contribution is 0.317. The van der Waals surface area contributed by atoms with Crippen molar-refractivity contribution in [1.82, 2.24) is 15.5 Å². The van der Waals surface area contributed by atoms with Gasteiger partial charge in [-0.2, -0.15) is 0 Å². The van der Waals surface area contributed by atoms with E-state index in [4.69, 9.17) is 4.99 Å². The van der Waals surface area contributed by atoms with Gasteiger partial charge < -0.3 is 15.5 Å². The number of hydrogen-bond donors (Lipinski definition) is 2. The molecule has 2 unspecified atom stereocenters. The molecule has 1 aliphatic heterocycles. The van der Waals surface area contributed by atoms with Crippen LogP contribution in [0.25, 0.3) is 0 Å². The molecule has 21 heavy (non-hydrogen) atoms. The highest BCUT2D eigenvalue weighted by atomic mass is 15.2. The smallest absolute Gasteiger partial charge is 0.191 e. The minimum Gasteiger partial charge on any atom is -0.357 e. The van der Waals surface area contributed by atoms with Crippen molar-refractivity contribution in [3.05, 3.63) is 35.9 Å². The summed E-state index contributed by atoms with van der Waals surface area (Å²) in [6.45, 7) is 7.22. The Kier molecular flexibility index (Phi) is 6.05. The summed E-state index contributed by atoms with van der Waals surface area (Å²) in [5.74, 6) is 0.911. The topological polar surface area (TPSA) is 39.7 Å². The monoisotopic (exact) mass is 288 g/mol. The van der Waals surface area contributed by atoms with E-state index in [1.165, 1.54) is 24.9 Å². The number of aliphatic imine (C=N–C) groups is 1. The maximum Gasteiger partial charge on any atom is 0.191 e. The van der Waals surface area contributed by atoms with Crippen molar-refractivity contribution in [3.8, 4) is 0 Å². The molecule has 4 heteroatoms. The highest BCUT2D eigenvalue weighted by molar-refractivity contribution is 5.80. The number of likely N-dealkylation sites (tertiary alicyclic amines) is 1. The SMILES string of the molecule is CCNC(=NCC1CCCN1C)NC(C)c1ccccc1. The summed E-state index contributed by atoms with van der Waals surface area (Å²) < 4.78 is 0. The van der Waals surface area contributed by atoms with Crippen molar-refractivity contribution in [2.45, 2.75) is 38.8 Å². The molecular formula is C17H28N4. The van der Waals surface area contributed by atoms with Crippen molar-refractivity contribution in [3.63, 3.8) is 0 Å². The van der Waals surface area contributed by atoms with E-state index in [1.54, 1.807) is 0 Å². The third-order valence-corrected chi connectivity index (χ3v) is 4.13. The first-order valence-corrected chi connectivity index (χ1v) is 8.00. The number of benzene rings is 1. The van der Waals surface area contributed by atoms with Gasteiger partial charge in [0.15, 0.2) is 5.96 Å². The second kappa shape index (κ2) is 8.03. The van der Waals surface area contributed by atoms with Gasteiger partial charge in [-0.25, -0.2) is 0 Å². The van der Waals surface area contributed by atoms with Crippen LogP contribution in [-0.2, 0) is 0 Å². The number of rotatable bonds is 5. The normalized spacial score (nSPS) is 21.3. The zero-order valence-corrected chi connectivity index (χ0v) is 13.5. The van der Waals surface area contributed by atoms with Gasteiger partial charge in [0, 0.05) is 12.6 Å². The van der Waals surface area contributed by atoms with Crippen molar-refractivity contribution in [1.29, 1.82) is 0 Å². The van der Waals surface area contributed by atoms with E-state index in [-0.39, 0.29) is 6.04 Å². The van der Waals surface area contributed by atoms with Crippen molar-refractivity contribution in [2.75, 3.05) is 26.7 Å². The molecule has 2 rings (SSSR count). The summed E-state index contributed by atoms with van der Waals surface area (Å²) in [4.78, 5) is 7.17. The van der Waals surface area contributed by atoms with E-state index in [0.717, 1.165) is 19.0 Å². The largest absolute Gasteiger partial charge is 0.357 e. The van der Waals surface area contributed by atoms with Crippen LogP contribution in [0.4, 0.5) is 0 Å². The highest BCUT2D eigenvalue weighted by Crippen LogP contribution is 2.15. The van der Waals surface area contributed by atoms with Crippen LogP contribution >= 0.6 is 0 Å². The van der Waals surface area contributed by atoms with Crippen molar-refractivity contribution >= 4 is 5.96 Å². The lowest BCUT2D eigenvalue weighted by Crippen LogP contribution is -2.40. The molecule has 1 saturated heterocycles. The van der Waals surface area contributed by atoms with Crippen LogP contribution in [0.5, 0.6) is 0 Å². The maximum atomic E-state index is 4.76. The van der Waals surface area contributed by atoms with Gasteiger partial charge in [-0.15, -0.1) is 0 Å². The molecule has 0 aromatic heterocycles.